The number of nitrogens with zero attached hydrogens (tertiary/aromatic N) is 2. The average molecular weight is 610 g/mol. The normalized spacial score (nSPS) is 18.5. The zero-order valence-electron chi connectivity index (χ0n) is 24.3. The molecule has 2 heterocycles. The highest BCUT2D eigenvalue weighted by Crippen LogP contribution is 2.45. The highest BCUT2D eigenvalue weighted by molar-refractivity contribution is 7.89. The van der Waals surface area contributed by atoms with E-state index in [4.69, 9.17) is 0 Å². The Morgan fingerprint density at radius 3 is 2.50 bits per heavy atom. The van der Waals surface area contributed by atoms with E-state index in [1.165, 1.54) is 21.9 Å². The highest BCUT2D eigenvalue weighted by Gasteiger charge is 2.37. The van der Waals surface area contributed by atoms with Crippen molar-refractivity contribution in [2.45, 2.75) is 70.2 Å². The van der Waals surface area contributed by atoms with Crippen LogP contribution in [-0.2, 0) is 16.4 Å². The second kappa shape index (κ2) is 12.1. The molecule has 1 saturated carbocycles. The molecule has 1 aliphatic heterocycles. The van der Waals surface area contributed by atoms with Crippen LogP contribution in [0.15, 0.2) is 69.4 Å². The van der Waals surface area contributed by atoms with Gasteiger partial charge in [0.05, 0.1) is 16.1 Å². The minimum Gasteiger partial charge on any atom is -0.328 e. The van der Waals surface area contributed by atoms with Gasteiger partial charge in [0.1, 0.15) is 10.8 Å². The van der Waals surface area contributed by atoms with Crippen molar-refractivity contribution in [3.8, 4) is 0 Å². The molecule has 3 aromatic rings. The van der Waals surface area contributed by atoms with E-state index in [2.05, 4.69) is 4.37 Å². The first kappa shape index (κ1) is 30.1. The van der Waals surface area contributed by atoms with Gasteiger partial charge in [-0.15, -0.1) is 0 Å². The summed E-state index contributed by atoms with van der Waals surface area (Å²) in [6, 6.07) is 10.0. The lowest BCUT2D eigenvalue weighted by atomic mass is 9.85. The van der Waals surface area contributed by atoms with Crippen LogP contribution in [0, 0.1) is 12.7 Å². The van der Waals surface area contributed by atoms with Crippen LogP contribution < -0.4 is 10.5 Å². The number of aromatic nitrogens is 1. The van der Waals surface area contributed by atoms with E-state index in [1.807, 2.05) is 44.7 Å². The summed E-state index contributed by atoms with van der Waals surface area (Å²) in [7, 11) is -3.66. The van der Waals surface area contributed by atoms with E-state index in [-0.39, 0.29) is 41.1 Å². The summed E-state index contributed by atoms with van der Waals surface area (Å²) < 4.78 is 46.4. The van der Waals surface area contributed by atoms with Gasteiger partial charge in [-0.05, 0) is 85.1 Å². The molecular weight excluding hydrogens is 574 g/mol. The third-order valence-electron chi connectivity index (χ3n) is 8.01. The summed E-state index contributed by atoms with van der Waals surface area (Å²) in [6.07, 6.45) is 7.39. The summed E-state index contributed by atoms with van der Waals surface area (Å²) in [4.78, 5) is 26.8. The quantitative estimate of drug-likeness (QED) is 0.290. The Balaban J connectivity index is 0.00000173. The number of aldehydes is 1. The number of aryl methyl sites for hydroxylation is 1. The van der Waals surface area contributed by atoms with Crippen molar-refractivity contribution in [3.05, 3.63) is 98.1 Å². The summed E-state index contributed by atoms with van der Waals surface area (Å²) in [5.41, 5.74) is 4.73. The Labute approximate surface area is 250 Å². The van der Waals surface area contributed by atoms with Gasteiger partial charge >= 0.3 is 0 Å². The van der Waals surface area contributed by atoms with Crippen LogP contribution in [-0.4, -0.2) is 42.5 Å². The van der Waals surface area contributed by atoms with E-state index in [1.54, 1.807) is 30.3 Å². The zero-order chi connectivity index (χ0) is 30.2. The van der Waals surface area contributed by atoms with Gasteiger partial charge in [-0.25, -0.2) is 12.8 Å². The van der Waals surface area contributed by atoms with Crippen molar-refractivity contribution >= 4 is 38.5 Å². The lowest BCUT2D eigenvalue weighted by molar-refractivity contribution is 0.112. The number of halogens is 1. The Kier molecular flexibility index (Phi) is 8.68. The molecule has 0 spiro atoms. The molecule has 1 aromatic heterocycles. The van der Waals surface area contributed by atoms with Crippen molar-refractivity contribution < 1.29 is 17.6 Å². The topological polar surface area (TPSA) is 90.6 Å². The predicted molar refractivity (Wildman–Crippen MR) is 166 cm³/mol. The number of H-pyrrole nitrogens is 1. The van der Waals surface area contributed by atoms with Crippen LogP contribution in [0.2, 0.25) is 0 Å². The molecule has 7 nitrogen and oxygen atoms in total. The number of carbonyl (C=O) groups is 1. The Morgan fingerprint density at radius 2 is 1.86 bits per heavy atom. The third-order valence-corrected chi connectivity index (χ3v) is 10.7. The second-order valence-electron chi connectivity index (χ2n) is 10.7. The smallest absolute Gasteiger partial charge is 0.263 e. The minimum absolute atomic E-state index is 0.135. The van der Waals surface area contributed by atoms with Gasteiger partial charge in [0.15, 0.2) is 6.29 Å². The number of sulfonamides is 1. The molecule has 0 bridgehead atoms. The molecule has 222 valence electrons. The number of benzene rings is 2. The first-order valence-electron chi connectivity index (χ1n) is 14.4. The number of hydrogen-bond acceptors (Lipinski definition) is 6. The molecule has 1 fully saturated rings. The van der Waals surface area contributed by atoms with Crippen molar-refractivity contribution in [3.63, 3.8) is 0 Å². The number of anilines is 2. The van der Waals surface area contributed by atoms with E-state index in [0.717, 1.165) is 34.6 Å². The molecular formula is C32H36FN3O4S2. The molecule has 6 rings (SSSR count). The molecule has 10 heteroatoms. The van der Waals surface area contributed by atoms with Gasteiger partial charge in [0.25, 0.3) is 5.56 Å². The summed E-state index contributed by atoms with van der Waals surface area (Å²) >= 11 is 1.25. The van der Waals surface area contributed by atoms with Crippen molar-refractivity contribution in [2.24, 2.45) is 0 Å². The second-order valence-corrected chi connectivity index (χ2v) is 13.4. The fourth-order valence-electron chi connectivity index (χ4n) is 5.65. The highest BCUT2D eigenvalue weighted by atomic mass is 32.2. The molecule has 2 aliphatic carbocycles. The number of nitrogens with one attached hydrogen (secondary N) is 1. The number of rotatable bonds is 8. The van der Waals surface area contributed by atoms with Crippen molar-refractivity contribution in [2.75, 3.05) is 18.0 Å². The number of hydrogen-bond donors (Lipinski definition) is 1. The molecule has 0 saturated heterocycles. The van der Waals surface area contributed by atoms with Gasteiger partial charge in [-0.3, -0.25) is 14.0 Å². The lowest BCUT2D eigenvalue weighted by Gasteiger charge is -2.27. The molecule has 42 heavy (non-hydrogen) atoms. The number of carbonyl (C=O) groups excluding carboxylic acids is 1. The molecule has 1 unspecified atom stereocenters. The van der Waals surface area contributed by atoms with Gasteiger partial charge in [0.2, 0.25) is 10.0 Å². The van der Waals surface area contributed by atoms with E-state index in [0.29, 0.717) is 35.9 Å². The van der Waals surface area contributed by atoms with Crippen LogP contribution in [0.25, 0.3) is 0 Å². The maximum Gasteiger partial charge on any atom is 0.263 e. The largest absolute Gasteiger partial charge is 0.328 e. The molecule has 2 aromatic carbocycles. The Bertz CT molecular complexity index is 1720. The Morgan fingerprint density at radius 1 is 1.14 bits per heavy atom. The van der Waals surface area contributed by atoms with Gasteiger partial charge in [0, 0.05) is 30.6 Å². The van der Waals surface area contributed by atoms with Crippen LogP contribution in [0.1, 0.15) is 73.0 Å². The maximum absolute atomic E-state index is 15.5. The standard InChI is InChI=1S/C30H30FN3O4S2.C2H6/c1-3-25-29(36)32-39-30(25)34(23-8-9-23)28-14-26(27(31)13-22(28)17-35)19-6-7-20-15-33(16-21(20)12-19)40(37,38)24-10-4-18(2)5-11-24;1-2/h4-7,10-11,13-14,17,19,23H,3,8-9,12,15-16H2,1-2H3,(H,32,36);1-2H3. The molecule has 1 N–H and O–H groups in total. The predicted octanol–water partition coefficient (Wildman–Crippen LogP) is 6.63. The molecule has 1 atom stereocenters. The van der Waals surface area contributed by atoms with Crippen LogP contribution in [0.3, 0.4) is 0 Å². The molecule has 0 radical (unpaired) electrons. The fraction of sp³-hybridized carbons (Fsp3) is 0.375. The van der Waals surface area contributed by atoms with E-state index < -0.39 is 15.8 Å². The molecule has 0 amide bonds. The SMILES string of the molecule is CC.CCc1c(N(c2cc(C3C=CC4=C(C3)CN(S(=O)(=O)c3ccc(C)cc3)C4)c(F)cc2C=O)C2CC2)s[nH]c1=O. The summed E-state index contributed by atoms with van der Waals surface area (Å²) in [5, 5.41) is 0.771. The zero-order valence-corrected chi connectivity index (χ0v) is 25.9. The Hall–Kier alpha value is -3.34. The van der Waals surface area contributed by atoms with E-state index >= 15 is 4.39 Å². The minimum atomic E-state index is -3.66. The van der Waals surface area contributed by atoms with Gasteiger partial charge in [-0.2, -0.15) is 4.31 Å². The fourth-order valence-corrected chi connectivity index (χ4v) is 8.09. The summed E-state index contributed by atoms with van der Waals surface area (Å²) in [6.45, 7) is 8.38. The first-order valence-corrected chi connectivity index (χ1v) is 16.7. The first-order chi connectivity index (χ1) is 20.2. The van der Waals surface area contributed by atoms with Crippen LogP contribution >= 0.6 is 11.5 Å². The number of aromatic amines is 1. The number of allylic oxidation sites excluding steroid dienone is 1. The van der Waals surface area contributed by atoms with Crippen molar-refractivity contribution in [1.82, 2.24) is 8.68 Å². The van der Waals surface area contributed by atoms with Crippen LogP contribution in [0.5, 0.6) is 0 Å². The van der Waals surface area contributed by atoms with Crippen molar-refractivity contribution in [1.29, 1.82) is 0 Å². The van der Waals surface area contributed by atoms with Gasteiger partial charge in [-0.1, -0.05) is 50.6 Å². The van der Waals surface area contributed by atoms with Gasteiger partial charge < -0.3 is 4.90 Å². The average Bonchev–Trinajstić information content (AvgIpc) is 3.62. The molecule has 3 aliphatic rings. The van der Waals surface area contributed by atoms with E-state index in [9.17, 15) is 18.0 Å². The summed E-state index contributed by atoms with van der Waals surface area (Å²) in [5.74, 6) is -0.780. The van der Waals surface area contributed by atoms with Crippen LogP contribution in [0.4, 0.5) is 15.1 Å². The monoisotopic (exact) mass is 609 g/mol. The maximum atomic E-state index is 15.5. The lowest BCUT2D eigenvalue weighted by Crippen LogP contribution is -2.29. The third kappa shape index (κ3) is 5.55.